The second-order valence-corrected chi connectivity index (χ2v) is 6.74. The Morgan fingerprint density at radius 2 is 1.21 bits per heavy atom. The average molecular weight is 347 g/mol. The van der Waals surface area contributed by atoms with Crippen LogP contribution in [0.3, 0.4) is 0 Å². The number of carbonyl (C=O) groups is 1. The summed E-state index contributed by atoms with van der Waals surface area (Å²) in [6.07, 6.45) is 22.4. The van der Waals surface area contributed by atoms with Crippen molar-refractivity contribution < 1.29 is 4.79 Å². The Labute approximate surface area is 174 Å². The van der Waals surface area contributed by atoms with E-state index in [1.807, 2.05) is 18.9 Å². The Morgan fingerprint density at radius 1 is 0.750 bits per heavy atom. The van der Waals surface area contributed by atoms with Crippen LogP contribution in [0.15, 0.2) is 12.2 Å². The van der Waals surface area contributed by atoms with Crippen molar-refractivity contribution in [1.82, 2.24) is 4.90 Å². The van der Waals surface area contributed by atoms with Gasteiger partial charge in [0.15, 0.2) is 0 Å². The number of allylic oxidation sites excluding steroid dienone is 2. The minimum atomic E-state index is 0. The smallest absolute Gasteiger partial charge is 0.222 e. The molecular formula is C21H41NNaO. The molecule has 0 aromatic heterocycles. The number of unbranched alkanes of at least 4 members (excludes halogenated alkanes) is 11. The Morgan fingerprint density at radius 3 is 1.71 bits per heavy atom. The van der Waals surface area contributed by atoms with Gasteiger partial charge in [0.1, 0.15) is 0 Å². The van der Waals surface area contributed by atoms with E-state index in [1.165, 1.54) is 77.0 Å². The molecule has 24 heavy (non-hydrogen) atoms. The fourth-order valence-corrected chi connectivity index (χ4v) is 2.71. The Kier molecular flexibility index (Phi) is 23.4. The number of nitrogens with zero attached hydrogens (tertiary/aromatic N) is 1. The van der Waals surface area contributed by atoms with Crippen LogP contribution in [0.25, 0.3) is 0 Å². The van der Waals surface area contributed by atoms with Gasteiger partial charge in [-0.1, -0.05) is 70.4 Å². The molecule has 0 atom stereocenters. The van der Waals surface area contributed by atoms with Crippen LogP contribution in [0, 0.1) is 0 Å². The Bertz CT molecular complexity index is 292. The third-order valence-electron chi connectivity index (χ3n) is 4.55. The third-order valence-corrected chi connectivity index (χ3v) is 4.55. The molecule has 3 heteroatoms. The minimum absolute atomic E-state index is 0. The van der Waals surface area contributed by atoms with E-state index < -0.39 is 0 Å². The van der Waals surface area contributed by atoms with Crippen molar-refractivity contribution in [3.8, 4) is 0 Å². The standard InChI is InChI=1S/C21H41NO.Na/c1-4-6-7-8-9-10-11-12-13-14-15-16-17-18-19-20-21(23)22(3)5-2;/h12-13H,4-11,14-20H2,1-3H3;/b13-12-;. The van der Waals surface area contributed by atoms with E-state index in [4.69, 9.17) is 0 Å². The van der Waals surface area contributed by atoms with Crippen molar-refractivity contribution in [3.05, 3.63) is 12.2 Å². The van der Waals surface area contributed by atoms with Gasteiger partial charge in [-0.2, -0.15) is 0 Å². The maximum atomic E-state index is 11.6. The molecule has 0 unspecified atom stereocenters. The fraction of sp³-hybridized carbons (Fsp3) is 0.857. The zero-order chi connectivity index (χ0) is 17.2. The molecule has 0 aliphatic carbocycles. The van der Waals surface area contributed by atoms with Crippen LogP contribution in [-0.4, -0.2) is 54.0 Å². The van der Waals surface area contributed by atoms with E-state index >= 15 is 0 Å². The van der Waals surface area contributed by atoms with E-state index in [2.05, 4.69) is 19.1 Å². The topological polar surface area (TPSA) is 20.3 Å². The monoisotopic (exact) mass is 346 g/mol. The van der Waals surface area contributed by atoms with E-state index in [-0.39, 0.29) is 29.6 Å². The van der Waals surface area contributed by atoms with Crippen LogP contribution in [0.2, 0.25) is 0 Å². The van der Waals surface area contributed by atoms with Gasteiger partial charge in [0, 0.05) is 49.6 Å². The SMILES string of the molecule is CCCCCCCC/C=C\CCCCCCCC(=O)N(C)CC.[Na]. The summed E-state index contributed by atoms with van der Waals surface area (Å²) in [5, 5.41) is 0. The molecule has 0 aromatic carbocycles. The van der Waals surface area contributed by atoms with E-state index in [0.29, 0.717) is 5.91 Å². The summed E-state index contributed by atoms with van der Waals surface area (Å²) >= 11 is 0. The zero-order valence-electron chi connectivity index (χ0n) is 17.1. The first-order valence-corrected chi connectivity index (χ1v) is 10.1. The molecule has 0 saturated carbocycles. The summed E-state index contributed by atoms with van der Waals surface area (Å²) in [7, 11) is 1.89. The first kappa shape index (κ1) is 26.4. The van der Waals surface area contributed by atoms with Gasteiger partial charge in [-0.15, -0.1) is 0 Å². The summed E-state index contributed by atoms with van der Waals surface area (Å²) in [6.45, 7) is 5.12. The molecule has 1 amide bonds. The molecule has 137 valence electrons. The van der Waals surface area contributed by atoms with Gasteiger partial charge in [-0.25, -0.2) is 0 Å². The van der Waals surface area contributed by atoms with Crippen LogP contribution < -0.4 is 0 Å². The maximum Gasteiger partial charge on any atom is 0.222 e. The van der Waals surface area contributed by atoms with Gasteiger partial charge < -0.3 is 4.90 Å². The fourth-order valence-electron chi connectivity index (χ4n) is 2.71. The molecule has 0 rings (SSSR count). The number of carbonyl (C=O) groups excluding carboxylic acids is 1. The third kappa shape index (κ3) is 18.5. The molecule has 2 nitrogen and oxygen atoms in total. The van der Waals surface area contributed by atoms with Crippen molar-refractivity contribution in [2.75, 3.05) is 13.6 Å². The number of rotatable bonds is 16. The van der Waals surface area contributed by atoms with Crippen LogP contribution in [0.4, 0.5) is 0 Å². The molecule has 0 N–H and O–H groups in total. The molecule has 0 heterocycles. The molecule has 0 fully saturated rings. The predicted molar refractivity (Wildman–Crippen MR) is 109 cm³/mol. The molecule has 0 spiro atoms. The molecule has 1 radical (unpaired) electrons. The Balaban J connectivity index is 0. The van der Waals surface area contributed by atoms with Crippen molar-refractivity contribution in [2.45, 2.75) is 104 Å². The maximum absolute atomic E-state index is 11.6. The minimum Gasteiger partial charge on any atom is -0.346 e. The van der Waals surface area contributed by atoms with Gasteiger partial charge in [0.05, 0.1) is 0 Å². The van der Waals surface area contributed by atoms with E-state index in [9.17, 15) is 4.79 Å². The molecule has 0 aliphatic rings. The Hall–Kier alpha value is 0.210. The van der Waals surface area contributed by atoms with Crippen molar-refractivity contribution >= 4 is 35.5 Å². The van der Waals surface area contributed by atoms with Crippen LogP contribution in [0.1, 0.15) is 104 Å². The summed E-state index contributed by atoms with van der Waals surface area (Å²) in [4.78, 5) is 13.4. The molecule has 0 aromatic rings. The number of hydrogen-bond donors (Lipinski definition) is 0. The molecule has 0 aliphatic heterocycles. The van der Waals surface area contributed by atoms with Gasteiger partial charge in [0.25, 0.3) is 0 Å². The van der Waals surface area contributed by atoms with E-state index in [0.717, 1.165) is 19.4 Å². The average Bonchev–Trinajstić information content (AvgIpc) is 2.57. The van der Waals surface area contributed by atoms with Gasteiger partial charge in [-0.3, -0.25) is 4.79 Å². The molecular weight excluding hydrogens is 305 g/mol. The second kappa shape index (κ2) is 21.3. The van der Waals surface area contributed by atoms with Gasteiger partial charge in [0.2, 0.25) is 5.91 Å². The number of hydrogen-bond acceptors (Lipinski definition) is 1. The van der Waals surface area contributed by atoms with Crippen molar-refractivity contribution in [1.29, 1.82) is 0 Å². The normalized spacial score (nSPS) is 10.8. The summed E-state index contributed by atoms with van der Waals surface area (Å²) in [5.74, 6) is 0.296. The predicted octanol–water partition coefficient (Wildman–Crippen LogP) is 6.12. The van der Waals surface area contributed by atoms with Crippen LogP contribution in [-0.2, 0) is 4.79 Å². The van der Waals surface area contributed by atoms with E-state index in [1.54, 1.807) is 0 Å². The molecule has 0 bridgehead atoms. The van der Waals surface area contributed by atoms with Crippen molar-refractivity contribution in [2.24, 2.45) is 0 Å². The summed E-state index contributed by atoms with van der Waals surface area (Å²) in [6, 6.07) is 0. The number of amides is 1. The molecule has 0 saturated heterocycles. The summed E-state index contributed by atoms with van der Waals surface area (Å²) < 4.78 is 0. The zero-order valence-corrected chi connectivity index (χ0v) is 19.1. The second-order valence-electron chi connectivity index (χ2n) is 6.74. The first-order valence-electron chi connectivity index (χ1n) is 10.1. The van der Waals surface area contributed by atoms with Crippen LogP contribution >= 0.6 is 0 Å². The quantitative estimate of drug-likeness (QED) is 0.187. The van der Waals surface area contributed by atoms with Gasteiger partial charge in [-0.05, 0) is 39.0 Å². The van der Waals surface area contributed by atoms with Gasteiger partial charge >= 0.3 is 0 Å². The van der Waals surface area contributed by atoms with Crippen LogP contribution in [0.5, 0.6) is 0 Å². The summed E-state index contributed by atoms with van der Waals surface area (Å²) in [5.41, 5.74) is 0. The first-order chi connectivity index (χ1) is 11.2. The van der Waals surface area contributed by atoms with Crippen molar-refractivity contribution in [3.63, 3.8) is 0 Å². The largest absolute Gasteiger partial charge is 0.346 e.